The van der Waals surface area contributed by atoms with E-state index in [0.717, 1.165) is 28.5 Å². The normalized spacial score (nSPS) is 13.1. The third kappa shape index (κ3) is 5.17. The first-order valence-corrected chi connectivity index (χ1v) is 9.39. The smallest absolute Gasteiger partial charge is 0.475 e. The summed E-state index contributed by atoms with van der Waals surface area (Å²) in [5, 5.41) is 8.26. The summed E-state index contributed by atoms with van der Waals surface area (Å²) in [6.45, 7) is 0. The number of alkyl halides is 3. The minimum Gasteiger partial charge on any atom is -0.475 e. The summed E-state index contributed by atoms with van der Waals surface area (Å²) < 4.78 is 33.6. The van der Waals surface area contributed by atoms with Gasteiger partial charge in [0, 0.05) is 29.9 Å². The minimum atomic E-state index is -5.08. The van der Waals surface area contributed by atoms with Crippen molar-refractivity contribution in [1.82, 2.24) is 19.5 Å². The lowest BCUT2D eigenvalue weighted by Crippen LogP contribution is -2.21. The Morgan fingerprint density at radius 1 is 1.50 bits per heavy atom. The summed E-state index contributed by atoms with van der Waals surface area (Å²) in [5.74, 6) is -0.549. The SMILES string of the molecule is Cn1cnc(Cl)c1CSc1nc2c(c(=O)[nH]1)CSC2.O=C(O)C(F)(F)F. The highest BCUT2D eigenvalue weighted by atomic mass is 35.5. The molecule has 2 aromatic heterocycles. The molecule has 0 bridgehead atoms. The summed E-state index contributed by atoms with van der Waals surface area (Å²) in [6.07, 6.45) is -3.41. The van der Waals surface area contributed by atoms with Crippen molar-refractivity contribution < 1.29 is 23.1 Å². The van der Waals surface area contributed by atoms with Gasteiger partial charge in [-0.15, -0.1) is 0 Å². The van der Waals surface area contributed by atoms with Gasteiger partial charge >= 0.3 is 12.1 Å². The molecule has 0 unspecified atom stereocenters. The van der Waals surface area contributed by atoms with Crippen LogP contribution in [0.15, 0.2) is 16.3 Å². The Morgan fingerprint density at radius 3 is 2.69 bits per heavy atom. The van der Waals surface area contributed by atoms with E-state index in [-0.39, 0.29) is 5.56 Å². The Kier molecular flexibility index (Phi) is 6.64. The molecule has 142 valence electrons. The number of aliphatic carboxylic acids is 1. The zero-order valence-corrected chi connectivity index (χ0v) is 15.5. The number of carboxylic acids is 1. The molecule has 0 saturated carbocycles. The summed E-state index contributed by atoms with van der Waals surface area (Å²) >= 11 is 9.18. The molecule has 13 heteroatoms. The second-order valence-electron chi connectivity index (χ2n) is 4.97. The summed E-state index contributed by atoms with van der Waals surface area (Å²) in [6, 6.07) is 0. The zero-order valence-electron chi connectivity index (χ0n) is 13.1. The Morgan fingerprint density at radius 2 is 2.15 bits per heavy atom. The lowest BCUT2D eigenvalue weighted by atomic mass is 10.3. The highest BCUT2D eigenvalue weighted by Crippen LogP contribution is 2.28. The standard InChI is InChI=1S/C11H11ClN4OS2.C2HF3O2/c1-16-5-13-9(12)8(16)4-19-11-14-7-3-18-2-6(7)10(17)15-11;3-2(4,5)1(6)7/h5H,2-4H2,1H3,(H,14,15,17);(H,6,7). The number of nitrogens with one attached hydrogen (secondary N) is 1. The first-order valence-electron chi connectivity index (χ1n) is 6.88. The van der Waals surface area contributed by atoms with Gasteiger partial charge in [0.2, 0.25) is 0 Å². The number of thioether (sulfide) groups is 2. The second kappa shape index (κ2) is 8.35. The highest BCUT2D eigenvalue weighted by Gasteiger charge is 2.38. The lowest BCUT2D eigenvalue weighted by molar-refractivity contribution is -0.192. The van der Waals surface area contributed by atoms with E-state index in [0.29, 0.717) is 16.1 Å². The summed E-state index contributed by atoms with van der Waals surface area (Å²) in [5.41, 5.74) is 2.62. The first kappa shape index (κ1) is 20.6. The number of halogens is 4. The molecule has 0 radical (unpaired) electrons. The number of nitrogens with zero attached hydrogens (tertiary/aromatic N) is 3. The van der Waals surface area contributed by atoms with E-state index >= 15 is 0 Å². The van der Waals surface area contributed by atoms with Gasteiger partial charge in [-0.1, -0.05) is 23.4 Å². The monoisotopic (exact) mass is 428 g/mol. The van der Waals surface area contributed by atoms with Crippen molar-refractivity contribution >= 4 is 41.1 Å². The predicted molar refractivity (Wildman–Crippen MR) is 91.3 cm³/mol. The van der Waals surface area contributed by atoms with Gasteiger partial charge in [-0.25, -0.2) is 14.8 Å². The van der Waals surface area contributed by atoms with E-state index in [9.17, 15) is 18.0 Å². The average Bonchev–Trinajstić information content (AvgIpc) is 3.13. The molecule has 1 aliphatic heterocycles. The highest BCUT2D eigenvalue weighted by molar-refractivity contribution is 7.98. The van der Waals surface area contributed by atoms with Crippen LogP contribution in [0, 0.1) is 0 Å². The van der Waals surface area contributed by atoms with Gasteiger partial charge in [0.15, 0.2) is 10.3 Å². The maximum atomic E-state index is 11.9. The number of carboxylic acid groups (broad SMARTS) is 1. The van der Waals surface area contributed by atoms with Gasteiger partial charge in [-0.05, 0) is 0 Å². The molecule has 2 N–H and O–H groups in total. The van der Waals surface area contributed by atoms with Crippen LogP contribution in [0.1, 0.15) is 17.0 Å². The molecule has 3 rings (SSSR count). The summed E-state index contributed by atoms with van der Waals surface area (Å²) in [7, 11) is 1.89. The number of carbonyl (C=O) groups is 1. The van der Waals surface area contributed by atoms with Crippen LogP contribution in [0.2, 0.25) is 5.15 Å². The largest absolute Gasteiger partial charge is 0.490 e. The van der Waals surface area contributed by atoms with Crippen LogP contribution in [-0.2, 0) is 29.1 Å². The number of hydrogen-bond donors (Lipinski definition) is 2. The van der Waals surface area contributed by atoms with Crippen LogP contribution >= 0.6 is 35.1 Å². The zero-order chi connectivity index (χ0) is 19.5. The Hall–Kier alpha value is -1.66. The number of aryl methyl sites for hydroxylation is 1. The molecule has 0 amide bonds. The lowest BCUT2D eigenvalue weighted by Gasteiger charge is -2.04. The van der Waals surface area contributed by atoms with Crippen molar-refractivity contribution in [3.8, 4) is 0 Å². The van der Waals surface area contributed by atoms with Gasteiger partial charge in [0.1, 0.15) is 0 Å². The molecule has 0 fully saturated rings. The fraction of sp³-hybridized carbons (Fsp3) is 0.385. The predicted octanol–water partition coefficient (Wildman–Crippen LogP) is 2.83. The van der Waals surface area contributed by atoms with Gasteiger partial charge in [0.05, 0.1) is 17.7 Å². The Labute approximate surface area is 158 Å². The number of rotatable bonds is 3. The van der Waals surface area contributed by atoms with E-state index in [4.69, 9.17) is 21.5 Å². The van der Waals surface area contributed by atoms with E-state index < -0.39 is 12.1 Å². The molecular weight excluding hydrogens is 417 g/mol. The van der Waals surface area contributed by atoms with Crippen molar-refractivity contribution in [3.63, 3.8) is 0 Å². The average molecular weight is 429 g/mol. The maximum absolute atomic E-state index is 11.9. The first-order chi connectivity index (χ1) is 12.1. The van der Waals surface area contributed by atoms with Crippen molar-refractivity contribution in [1.29, 1.82) is 0 Å². The summed E-state index contributed by atoms with van der Waals surface area (Å²) in [4.78, 5) is 32.1. The molecule has 0 spiro atoms. The van der Waals surface area contributed by atoms with Crippen LogP contribution in [0.5, 0.6) is 0 Å². The molecule has 0 aromatic carbocycles. The number of imidazole rings is 1. The maximum Gasteiger partial charge on any atom is 0.490 e. The number of H-pyrrole nitrogens is 1. The third-order valence-corrected chi connectivity index (χ3v) is 5.33. The van der Waals surface area contributed by atoms with Crippen molar-refractivity contribution in [3.05, 3.63) is 38.8 Å². The van der Waals surface area contributed by atoms with Gasteiger partial charge in [-0.2, -0.15) is 24.9 Å². The molecular formula is C13H12ClF3N4O3S2. The molecule has 3 heterocycles. The van der Waals surface area contributed by atoms with Gasteiger partial charge in [-0.3, -0.25) is 4.79 Å². The molecule has 26 heavy (non-hydrogen) atoms. The number of fused-ring (bicyclic) bond motifs is 1. The van der Waals surface area contributed by atoms with E-state index in [1.807, 2.05) is 11.6 Å². The van der Waals surface area contributed by atoms with Crippen molar-refractivity contribution in [2.75, 3.05) is 0 Å². The molecule has 2 aromatic rings. The molecule has 0 atom stereocenters. The molecule has 7 nitrogen and oxygen atoms in total. The van der Waals surface area contributed by atoms with Gasteiger partial charge < -0.3 is 14.7 Å². The molecule has 1 aliphatic rings. The Bertz CT molecular complexity index is 850. The molecule has 0 saturated heterocycles. The Balaban J connectivity index is 0.000000298. The fourth-order valence-electron chi connectivity index (χ4n) is 1.83. The van der Waals surface area contributed by atoms with E-state index in [1.165, 1.54) is 11.8 Å². The number of aromatic nitrogens is 4. The van der Waals surface area contributed by atoms with Crippen molar-refractivity contribution in [2.24, 2.45) is 7.05 Å². The fourth-order valence-corrected chi connectivity index (χ4v) is 4.15. The minimum absolute atomic E-state index is 0.0198. The van der Waals surface area contributed by atoms with Crippen LogP contribution < -0.4 is 5.56 Å². The van der Waals surface area contributed by atoms with Crippen LogP contribution in [0.25, 0.3) is 0 Å². The van der Waals surface area contributed by atoms with Crippen LogP contribution in [0.3, 0.4) is 0 Å². The number of hydrogen-bond acceptors (Lipinski definition) is 6. The quantitative estimate of drug-likeness (QED) is 0.572. The van der Waals surface area contributed by atoms with E-state index in [2.05, 4.69) is 15.0 Å². The second-order valence-corrected chi connectivity index (χ2v) is 7.28. The molecule has 0 aliphatic carbocycles. The van der Waals surface area contributed by atoms with Crippen LogP contribution in [-0.4, -0.2) is 36.8 Å². The topological polar surface area (TPSA) is 101 Å². The van der Waals surface area contributed by atoms with Gasteiger partial charge in [0.25, 0.3) is 5.56 Å². The van der Waals surface area contributed by atoms with E-state index in [1.54, 1.807) is 18.1 Å². The third-order valence-electron chi connectivity index (χ3n) is 3.16. The van der Waals surface area contributed by atoms with Crippen molar-refractivity contribution in [2.45, 2.75) is 28.6 Å². The van der Waals surface area contributed by atoms with Crippen LogP contribution in [0.4, 0.5) is 13.2 Å². The number of aromatic amines is 1.